The van der Waals surface area contributed by atoms with Crippen LogP contribution in [0.4, 0.5) is 0 Å². The third-order valence-electron chi connectivity index (χ3n) is 1.85. The lowest BCUT2D eigenvalue weighted by atomic mass is 9.91. The topological polar surface area (TPSA) is 20.2 Å². The number of hydrogen-bond acceptors (Lipinski definition) is 1. The quantitative estimate of drug-likeness (QED) is 0.435. The van der Waals surface area contributed by atoms with Gasteiger partial charge in [0, 0.05) is 7.11 Å². The van der Waals surface area contributed by atoms with Crippen LogP contribution in [0, 0.1) is 24.7 Å². The van der Waals surface area contributed by atoms with Crippen molar-refractivity contribution in [3.8, 4) is 12.8 Å². The highest BCUT2D eigenvalue weighted by atomic mass is 16.2. The van der Waals surface area contributed by atoms with E-state index in [0.29, 0.717) is 0 Å². The van der Waals surface area contributed by atoms with Crippen molar-refractivity contribution in [3.05, 3.63) is 12.2 Å². The summed E-state index contributed by atoms with van der Waals surface area (Å²) in [7, 11) is 1.00. The van der Waals surface area contributed by atoms with E-state index in [1.165, 1.54) is 12.8 Å². The van der Waals surface area contributed by atoms with E-state index in [0.717, 1.165) is 18.9 Å². The fourth-order valence-corrected chi connectivity index (χ4v) is 1.10. The van der Waals surface area contributed by atoms with E-state index >= 15 is 0 Å². The predicted octanol–water partition coefficient (Wildman–Crippen LogP) is 2.47. The summed E-state index contributed by atoms with van der Waals surface area (Å²) in [5, 5.41) is 7.00. The second kappa shape index (κ2) is 10.3. The van der Waals surface area contributed by atoms with Crippen molar-refractivity contribution in [1.82, 2.24) is 0 Å². The molecule has 0 saturated carbocycles. The first-order chi connectivity index (χ1) is 5.79. The Kier molecular flexibility index (Phi) is 11.8. The van der Waals surface area contributed by atoms with Gasteiger partial charge in [-0.2, -0.15) is 0 Å². The van der Waals surface area contributed by atoms with Crippen LogP contribution in [-0.2, 0) is 0 Å². The normalized spacial score (nSPS) is 25.8. The zero-order valence-electron chi connectivity index (χ0n) is 8.33. The van der Waals surface area contributed by atoms with Crippen molar-refractivity contribution in [2.24, 2.45) is 11.8 Å². The zero-order valence-corrected chi connectivity index (χ0v) is 8.33. The average molecular weight is 168 g/mol. The summed E-state index contributed by atoms with van der Waals surface area (Å²) in [5.74, 6) is 1.68. The van der Waals surface area contributed by atoms with Crippen molar-refractivity contribution < 1.29 is 5.11 Å². The van der Waals surface area contributed by atoms with Gasteiger partial charge in [-0.3, -0.25) is 0 Å². The molecule has 0 spiro atoms. The van der Waals surface area contributed by atoms with Crippen LogP contribution in [0.1, 0.15) is 26.7 Å². The lowest BCUT2D eigenvalue weighted by Gasteiger charge is -2.15. The minimum Gasteiger partial charge on any atom is -0.400 e. The molecule has 1 rings (SSSR count). The van der Waals surface area contributed by atoms with Gasteiger partial charge in [-0.05, 0) is 24.7 Å². The third kappa shape index (κ3) is 7.37. The molecule has 0 unspecified atom stereocenters. The maximum Gasteiger partial charge on any atom is 0.0319 e. The van der Waals surface area contributed by atoms with E-state index in [1.807, 2.05) is 0 Å². The number of allylic oxidation sites excluding steroid dienone is 2. The Morgan fingerprint density at radius 3 is 1.42 bits per heavy atom. The molecule has 1 heteroatoms. The monoisotopic (exact) mass is 168 g/mol. The van der Waals surface area contributed by atoms with Crippen LogP contribution >= 0.6 is 0 Å². The summed E-state index contributed by atoms with van der Waals surface area (Å²) in [5.41, 5.74) is 0. The molecule has 0 heterocycles. The van der Waals surface area contributed by atoms with Gasteiger partial charge in [0.15, 0.2) is 0 Å². The van der Waals surface area contributed by atoms with Crippen molar-refractivity contribution >= 4 is 0 Å². The molecule has 0 bridgehead atoms. The minimum absolute atomic E-state index is 0.839. The van der Waals surface area contributed by atoms with Crippen LogP contribution in [0.15, 0.2) is 12.2 Å². The summed E-state index contributed by atoms with van der Waals surface area (Å²) in [6.07, 6.45) is 15.4. The van der Waals surface area contributed by atoms with Gasteiger partial charge in [0.1, 0.15) is 0 Å². The van der Waals surface area contributed by atoms with Crippen LogP contribution < -0.4 is 0 Å². The van der Waals surface area contributed by atoms with E-state index in [4.69, 9.17) is 5.11 Å². The van der Waals surface area contributed by atoms with Crippen LogP contribution in [0.2, 0.25) is 0 Å². The molecule has 2 atom stereocenters. The number of hydrogen-bond donors (Lipinski definition) is 1. The van der Waals surface area contributed by atoms with E-state index in [1.54, 1.807) is 0 Å². The third-order valence-corrected chi connectivity index (χ3v) is 1.85. The SMILES string of the molecule is C#C.CO.C[C@@H]1C=C[C@H](C)CC1. The molecule has 12 heavy (non-hydrogen) atoms. The van der Waals surface area contributed by atoms with Crippen LogP contribution in [0.3, 0.4) is 0 Å². The Morgan fingerprint density at radius 1 is 1.00 bits per heavy atom. The first kappa shape index (κ1) is 13.8. The molecule has 0 aromatic rings. The largest absolute Gasteiger partial charge is 0.400 e. The molecule has 1 aliphatic rings. The summed E-state index contributed by atoms with van der Waals surface area (Å²) >= 11 is 0. The highest BCUT2D eigenvalue weighted by Gasteiger charge is 2.06. The molecule has 1 N–H and O–H groups in total. The van der Waals surface area contributed by atoms with E-state index in [2.05, 4.69) is 38.8 Å². The Balaban J connectivity index is 0. The molecule has 0 radical (unpaired) electrons. The van der Waals surface area contributed by atoms with Crippen molar-refractivity contribution in [3.63, 3.8) is 0 Å². The first-order valence-electron chi connectivity index (χ1n) is 4.25. The number of rotatable bonds is 0. The molecule has 0 fully saturated rings. The molecular formula is C11H20O. The van der Waals surface area contributed by atoms with Gasteiger partial charge < -0.3 is 5.11 Å². The molecular weight excluding hydrogens is 148 g/mol. The van der Waals surface area contributed by atoms with Crippen molar-refractivity contribution in [2.45, 2.75) is 26.7 Å². The minimum atomic E-state index is 0.839. The fourth-order valence-electron chi connectivity index (χ4n) is 1.10. The predicted molar refractivity (Wildman–Crippen MR) is 54.7 cm³/mol. The molecule has 70 valence electrons. The molecule has 0 aromatic carbocycles. The van der Waals surface area contributed by atoms with E-state index in [9.17, 15) is 0 Å². The van der Waals surface area contributed by atoms with Gasteiger partial charge in [-0.15, -0.1) is 12.8 Å². The average Bonchev–Trinajstić information content (AvgIpc) is 2.17. The van der Waals surface area contributed by atoms with Gasteiger partial charge in [-0.1, -0.05) is 26.0 Å². The van der Waals surface area contributed by atoms with E-state index in [-0.39, 0.29) is 0 Å². The summed E-state index contributed by atoms with van der Waals surface area (Å²) < 4.78 is 0. The highest BCUT2D eigenvalue weighted by molar-refractivity contribution is 4.94. The van der Waals surface area contributed by atoms with Gasteiger partial charge in [0.05, 0.1) is 0 Å². The Labute approximate surface area is 76.5 Å². The second-order valence-corrected chi connectivity index (χ2v) is 2.92. The Hall–Kier alpha value is -0.740. The first-order valence-corrected chi connectivity index (χ1v) is 4.25. The van der Waals surface area contributed by atoms with Crippen molar-refractivity contribution in [1.29, 1.82) is 0 Å². The van der Waals surface area contributed by atoms with Gasteiger partial charge in [0.25, 0.3) is 0 Å². The number of aliphatic hydroxyl groups excluding tert-OH is 1. The summed E-state index contributed by atoms with van der Waals surface area (Å²) in [6.45, 7) is 4.56. The lowest BCUT2D eigenvalue weighted by Crippen LogP contribution is -2.01. The smallest absolute Gasteiger partial charge is 0.0319 e. The highest BCUT2D eigenvalue weighted by Crippen LogP contribution is 2.20. The van der Waals surface area contributed by atoms with Gasteiger partial charge >= 0.3 is 0 Å². The molecule has 0 aromatic heterocycles. The molecule has 0 aliphatic heterocycles. The van der Waals surface area contributed by atoms with Gasteiger partial charge in [0.2, 0.25) is 0 Å². The van der Waals surface area contributed by atoms with Crippen molar-refractivity contribution in [2.75, 3.05) is 7.11 Å². The molecule has 1 aliphatic carbocycles. The van der Waals surface area contributed by atoms with Crippen LogP contribution in [0.25, 0.3) is 0 Å². The molecule has 0 amide bonds. The summed E-state index contributed by atoms with van der Waals surface area (Å²) in [4.78, 5) is 0. The maximum absolute atomic E-state index is 7.00. The number of terminal acetylenes is 1. The van der Waals surface area contributed by atoms with Gasteiger partial charge in [-0.25, -0.2) is 0 Å². The van der Waals surface area contributed by atoms with E-state index < -0.39 is 0 Å². The number of aliphatic hydroxyl groups is 1. The van der Waals surface area contributed by atoms with Crippen LogP contribution in [0.5, 0.6) is 0 Å². The Bertz CT molecular complexity index is 112. The Morgan fingerprint density at radius 2 is 1.25 bits per heavy atom. The molecule has 1 nitrogen and oxygen atoms in total. The van der Waals surface area contributed by atoms with Crippen LogP contribution in [-0.4, -0.2) is 12.2 Å². The second-order valence-electron chi connectivity index (χ2n) is 2.92. The maximum atomic E-state index is 7.00. The fraction of sp³-hybridized carbons (Fsp3) is 0.636. The molecule has 0 saturated heterocycles. The summed E-state index contributed by atoms with van der Waals surface area (Å²) in [6, 6.07) is 0. The zero-order chi connectivity index (χ0) is 9.98. The lowest BCUT2D eigenvalue weighted by molar-refractivity contribution is 0.399. The standard InChI is InChI=1S/C8H14.C2H2.CH4O/c1-7-3-5-8(2)6-4-7;2*1-2/h3,5,7-8H,4,6H2,1-2H3;1-2H;2H,1H3/t7-,8+;;.